The Morgan fingerprint density at radius 1 is 1.26 bits per heavy atom. The average Bonchev–Trinajstić information content (AvgIpc) is 3.22. The molecule has 2 heterocycles. The summed E-state index contributed by atoms with van der Waals surface area (Å²) in [5.41, 5.74) is 2.74. The Morgan fingerprint density at radius 3 is 2.76 bits per heavy atom. The number of ether oxygens (including phenoxy) is 2. The Hall–Kier alpha value is -2.15. The van der Waals surface area contributed by atoms with Crippen molar-refractivity contribution in [3.05, 3.63) is 51.0 Å². The predicted octanol–water partition coefficient (Wildman–Crippen LogP) is 5.47. The highest BCUT2D eigenvalue weighted by molar-refractivity contribution is 6.42. The Morgan fingerprint density at radius 2 is 2.05 bits per heavy atom. The molecule has 1 spiro atoms. The second-order valence-electron chi connectivity index (χ2n) is 12.0. The normalized spacial score (nSPS) is 29.1. The molecule has 2 aliphatic carbocycles. The van der Waals surface area contributed by atoms with Gasteiger partial charge in [0.15, 0.2) is 11.5 Å². The number of likely N-dealkylation sites (N-methyl/N-ethyl adjacent to an activating group) is 1. The van der Waals surface area contributed by atoms with E-state index in [1.54, 1.807) is 25.3 Å². The lowest BCUT2D eigenvalue weighted by atomic mass is 9.51. The van der Waals surface area contributed by atoms with Crippen LogP contribution in [-0.4, -0.2) is 66.2 Å². The third-order valence-electron chi connectivity index (χ3n) is 9.50. The summed E-state index contributed by atoms with van der Waals surface area (Å²) in [6, 6.07) is 7.39. The summed E-state index contributed by atoms with van der Waals surface area (Å²) in [5, 5.41) is 12.0. The molecule has 1 saturated carbocycles. The maximum Gasteiger partial charge on any atom is 0.227 e. The molecular formula is C30H36Cl2N2O4. The molecule has 1 amide bonds. The number of likely N-dealkylation sites (tertiary alicyclic amines) is 1. The third-order valence-corrected chi connectivity index (χ3v) is 10.2. The molecule has 2 aromatic rings. The highest BCUT2D eigenvalue weighted by Gasteiger charge is 2.66. The average molecular weight is 560 g/mol. The van der Waals surface area contributed by atoms with E-state index in [1.807, 2.05) is 6.07 Å². The van der Waals surface area contributed by atoms with Gasteiger partial charge in [0.25, 0.3) is 0 Å². The molecule has 0 radical (unpaired) electrons. The smallest absolute Gasteiger partial charge is 0.227 e. The molecule has 0 aromatic heterocycles. The van der Waals surface area contributed by atoms with Gasteiger partial charge in [-0.1, -0.05) is 43.1 Å². The zero-order valence-corrected chi connectivity index (χ0v) is 24.0. The van der Waals surface area contributed by atoms with Gasteiger partial charge in [0.05, 0.1) is 29.6 Å². The SMILES string of the molecule is COc1cc(O)c2c3c1O[C@H]1[C@@H](N(CC(C)C)C(=O)Cc4ccc(Cl)c(Cl)c4)CC[C@H]4[C@@H](C2)N(C)CC[C@@]341. The number of piperidine rings is 1. The first-order valence-corrected chi connectivity index (χ1v) is 14.4. The Labute approximate surface area is 234 Å². The van der Waals surface area contributed by atoms with Crippen molar-refractivity contribution in [1.29, 1.82) is 0 Å². The van der Waals surface area contributed by atoms with Crippen LogP contribution in [0.25, 0.3) is 0 Å². The number of halogens is 2. The maximum absolute atomic E-state index is 14.0. The van der Waals surface area contributed by atoms with Gasteiger partial charge in [-0.25, -0.2) is 0 Å². The van der Waals surface area contributed by atoms with Gasteiger partial charge in [0.1, 0.15) is 11.9 Å². The zero-order chi connectivity index (χ0) is 26.9. The number of aromatic hydroxyl groups is 1. The number of phenols is 1. The summed E-state index contributed by atoms with van der Waals surface area (Å²) in [4.78, 5) is 18.5. The molecule has 38 heavy (non-hydrogen) atoms. The molecule has 1 N–H and O–H groups in total. The van der Waals surface area contributed by atoms with E-state index in [0.29, 0.717) is 46.0 Å². The van der Waals surface area contributed by atoms with Crippen molar-refractivity contribution in [1.82, 2.24) is 9.80 Å². The molecule has 6 nitrogen and oxygen atoms in total. The van der Waals surface area contributed by atoms with Gasteiger partial charge in [0, 0.05) is 35.2 Å². The summed E-state index contributed by atoms with van der Waals surface area (Å²) in [5.74, 6) is 2.43. The van der Waals surface area contributed by atoms with Crippen LogP contribution in [0.15, 0.2) is 24.3 Å². The van der Waals surface area contributed by atoms with Crippen LogP contribution < -0.4 is 9.47 Å². The Balaban J connectivity index is 1.42. The second-order valence-corrected chi connectivity index (χ2v) is 12.8. The van der Waals surface area contributed by atoms with Crippen LogP contribution in [0, 0.1) is 11.8 Å². The van der Waals surface area contributed by atoms with Gasteiger partial charge in [-0.2, -0.15) is 0 Å². The van der Waals surface area contributed by atoms with Crippen LogP contribution in [0.1, 0.15) is 49.8 Å². The van der Waals surface area contributed by atoms with E-state index in [0.717, 1.165) is 54.7 Å². The van der Waals surface area contributed by atoms with Crippen molar-refractivity contribution in [2.24, 2.45) is 11.8 Å². The number of nitrogens with zero attached hydrogens (tertiary/aromatic N) is 2. The predicted molar refractivity (Wildman–Crippen MR) is 149 cm³/mol. The number of phenolic OH excluding ortho intramolecular Hbond substituents is 1. The van der Waals surface area contributed by atoms with Crippen molar-refractivity contribution in [3.8, 4) is 17.2 Å². The van der Waals surface area contributed by atoms with Gasteiger partial charge in [0.2, 0.25) is 5.91 Å². The summed E-state index contributed by atoms with van der Waals surface area (Å²) in [6.45, 7) is 5.92. The van der Waals surface area contributed by atoms with Crippen molar-refractivity contribution in [3.63, 3.8) is 0 Å². The monoisotopic (exact) mass is 558 g/mol. The first-order valence-electron chi connectivity index (χ1n) is 13.7. The zero-order valence-electron chi connectivity index (χ0n) is 22.5. The molecule has 2 aliphatic heterocycles. The number of hydrogen-bond acceptors (Lipinski definition) is 5. The van der Waals surface area contributed by atoms with Gasteiger partial charge < -0.3 is 24.4 Å². The first kappa shape index (κ1) is 26.1. The van der Waals surface area contributed by atoms with E-state index in [9.17, 15) is 9.90 Å². The number of rotatable bonds is 6. The lowest BCUT2D eigenvalue weighted by Crippen LogP contribution is -2.69. The maximum atomic E-state index is 14.0. The first-order chi connectivity index (χ1) is 18.1. The van der Waals surface area contributed by atoms with E-state index < -0.39 is 0 Å². The van der Waals surface area contributed by atoms with Crippen LogP contribution in [-0.2, 0) is 23.1 Å². The minimum atomic E-state index is -0.242. The van der Waals surface area contributed by atoms with Gasteiger partial charge in [-0.05, 0) is 68.8 Å². The van der Waals surface area contributed by atoms with Crippen molar-refractivity contribution < 1.29 is 19.4 Å². The van der Waals surface area contributed by atoms with Crippen molar-refractivity contribution in [2.75, 3.05) is 27.2 Å². The van der Waals surface area contributed by atoms with E-state index in [2.05, 4.69) is 30.7 Å². The highest BCUT2D eigenvalue weighted by atomic mass is 35.5. The number of amides is 1. The topological polar surface area (TPSA) is 62.2 Å². The molecule has 2 aromatic carbocycles. The molecule has 0 unspecified atom stereocenters. The van der Waals surface area contributed by atoms with Crippen LogP contribution in [0.2, 0.25) is 10.0 Å². The fraction of sp³-hybridized carbons (Fsp3) is 0.567. The van der Waals surface area contributed by atoms with E-state index in [1.165, 1.54) is 0 Å². The quantitative estimate of drug-likeness (QED) is 0.509. The highest BCUT2D eigenvalue weighted by Crippen LogP contribution is 2.65. The molecule has 8 heteroatoms. The number of benzene rings is 2. The Kier molecular flexibility index (Phi) is 6.52. The Bertz CT molecular complexity index is 1280. The number of carbonyl (C=O) groups excluding carboxylic acids is 1. The largest absolute Gasteiger partial charge is 0.508 e. The van der Waals surface area contributed by atoms with E-state index in [4.69, 9.17) is 32.7 Å². The molecule has 2 fully saturated rings. The van der Waals surface area contributed by atoms with Gasteiger partial charge >= 0.3 is 0 Å². The summed E-state index contributed by atoms with van der Waals surface area (Å²) in [7, 11) is 3.83. The number of carbonyl (C=O) groups is 1. The minimum Gasteiger partial charge on any atom is -0.508 e. The fourth-order valence-corrected chi connectivity index (χ4v) is 8.30. The fourth-order valence-electron chi connectivity index (χ4n) is 7.98. The lowest BCUT2D eigenvalue weighted by molar-refractivity contribution is -0.142. The molecule has 1 saturated heterocycles. The van der Waals surface area contributed by atoms with Crippen LogP contribution in [0.4, 0.5) is 0 Å². The summed E-state index contributed by atoms with van der Waals surface area (Å²) in [6.07, 6.45) is 3.74. The van der Waals surface area contributed by atoms with Crippen LogP contribution in [0.3, 0.4) is 0 Å². The molecule has 5 atom stereocenters. The standard InChI is InChI=1S/C30H36Cl2N2O4/c1-16(2)15-34(26(36)12-17-5-7-20(31)21(32)11-17)22-8-6-19-23-13-18-24(35)14-25(37-4)28-27(18)30(19,29(22)38-28)9-10-33(23)3/h5,7,11,14,16,19,22-23,29,35H,6,8-10,12-13,15H2,1-4H3/t19-,22-,23+,29-,30-/m0/s1. The lowest BCUT2D eigenvalue weighted by Gasteiger charge is -2.60. The van der Waals surface area contributed by atoms with E-state index >= 15 is 0 Å². The van der Waals surface area contributed by atoms with E-state index in [-0.39, 0.29) is 29.9 Å². The minimum absolute atomic E-state index is 0.0711. The van der Waals surface area contributed by atoms with Crippen molar-refractivity contribution >= 4 is 29.1 Å². The van der Waals surface area contributed by atoms with Crippen molar-refractivity contribution in [2.45, 2.75) is 69.6 Å². The molecule has 204 valence electrons. The summed E-state index contributed by atoms with van der Waals surface area (Å²) < 4.78 is 12.6. The van der Waals surface area contributed by atoms with Gasteiger partial charge in [-0.15, -0.1) is 0 Å². The number of hydrogen-bond donors (Lipinski definition) is 1. The van der Waals surface area contributed by atoms with Crippen LogP contribution >= 0.6 is 23.2 Å². The molecule has 4 aliphatic rings. The second kappa shape index (κ2) is 9.50. The third kappa shape index (κ3) is 3.82. The molecule has 2 bridgehead atoms. The van der Waals surface area contributed by atoms with Gasteiger partial charge in [-0.3, -0.25) is 4.79 Å². The molecule has 6 rings (SSSR count). The van der Waals surface area contributed by atoms with Crippen LogP contribution in [0.5, 0.6) is 17.2 Å². The molecular weight excluding hydrogens is 523 g/mol. The number of methoxy groups -OCH3 is 1. The summed E-state index contributed by atoms with van der Waals surface area (Å²) >= 11 is 12.4.